The molecule has 0 heterocycles. The van der Waals surface area contributed by atoms with Crippen molar-refractivity contribution >= 4 is 55.1 Å². The van der Waals surface area contributed by atoms with Gasteiger partial charge in [-0.15, -0.1) is 0 Å². The van der Waals surface area contributed by atoms with Gasteiger partial charge in [-0.3, -0.25) is 10.1 Å². The molecule has 4 saturated carbocycles. The van der Waals surface area contributed by atoms with Crippen LogP contribution in [0.3, 0.4) is 0 Å². The molecule has 1 aromatic rings. The second-order valence-corrected chi connectivity index (χ2v) is 10.0. The number of amides is 1. The fourth-order valence-corrected chi connectivity index (χ4v) is 7.07. The van der Waals surface area contributed by atoms with Crippen LogP contribution in [-0.4, -0.2) is 24.2 Å². The number of halogens is 2. The van der Waals surface area contributed by atoms with Gasteiger partial charge in [0.25, 0.3) is 5.91 Å². The van der Waals surface area contributed by atoms with Crippen molar-refractivity contribution in [2.24, 2.45) is 23.7 Å². The molecule has 0 spiro atoms. The Morgan fingerprint density at radius 3 is 2.31 bits per heavy atom. The second-order valence-electron chi connectivity index (χ2n) is 7.85. The number of rotatable bonds is 3. The molecular weight excluding hydrogens is 480 g/mol. The van der Waals surface area contributed by atoms with Gasteiger partial charge in [-0.1, -0.05) is 15.9 Å². The Labute approximate surface area is 176 Å². The lowest BCUT2D eigenvalue weighted by Crippen LogP contribution is -2.57. The van der Waals surface area contributed by atoms with Crippen LogP contribution >= 0.6 is 44.1 Å². The fourth-order valence-electron chi connectivity index (χ4n) is 5.46. The van der Waals surface area contributed by atoms with Gasteiger partial charge in [-0.25, -0.2) is 0 Å². The van der Waals surface area contributed by atoms with Gasteiger partial charge in [0.1, 0.15) is 5.75 Å². The first-order valence-corrected chi connectivity index (χ1v) is 11.1. The SMILES string of the molecule is COc1c(Br)cc(Br)cc1C(=O)NC(=S)NC1C2CC3CC(C2)CC1C3. The molecule has 140 valence electrons. The molecule has 4 nitrogen and oxygen atoms in total. The minimum absolute atomic E-state index is 0.259. The van der Waals surface area contributed by atoms with E-state index < -0.39 is 0 Å². The van der Waals surface area contributed by atoms with Crippen LogP contribution in [0.25, 0.3) is 0 Å². The summed E-state index contributed by atoms with van der Waals surface area (Å²) in [6.45, 7) is 0. The summed E-state index contributed by atoms with van der Waals surface area (Å²) < 4.78 is 6.89. The zero-order valence-electron chi connectivity index (χ0n) is 14.6. The van der Waals surface area contributed by atoms with E-state index in [1.807, 2.05) is 6.07 Å². The van der Waals surface area contributed by atoms with Gasteiger partial charge in [0.15, 0.2) is 5.11 Å². The van der Waals surface area contributed by atoms with Crippen molar-refractivity contribution in [3.8, 4) is 5.75 Å². The van der Waals surface area contributed by atoms with E-state index >= 15 is 0 Å². The maximum absolute atomic E-state index is 12.7. The molecule has 0 aromatic heterocycles. The maximum atomic E-state index is 12.7. The molecule has 7 heteroatoms. The standard InChI is InChI=1S/C19H22Br2N2O2S/c1-25-17-14(7-13(20)8-15(17)21)18(24)23-19(26)22-16-11-3-9-2-10(5-11)6-12(16)4-9/h7-12,16H,2-6H2,1H3,(H2,22,23,24,26). The van der Waals surface area contributed by atoms with Crippen molar-refractivity contribution in [1.29, 1.82) is 0 Å². The third-order valence-electron chi connectivity index (χ3n) is 6.21. The van der Waals surface area contributed by atoms with Crippen molar-refractivity contribution in [2.75, 3.05) is 7.11 Å². The van der Waals surface area contributed by atoms with Crippen LogP contribution in [0.4, 0.5) is 0 Å². The predicted octanol–water partition coefficient (Wildman–Crippen LogP) is 4.65. The van der Waals surface area contributed by atoms with E-state index in [1.54, 1.807) is 13.2 Å². The third-order valence-corrected chi connectivity index (χ3v) is 7.48. The maximum Gasteiger partial charge on any atom is 0.261 e. The highest BCUT2D eigenvalue weighted by Gasteiger charge is 2.48. The van der Waals surface area contributed by atoms with E-state index in [2.05, 4.69) is 42.5 Å². The first-order valence-electron chi connectivity index (χ1n) is 9.09. The summed E-state index contributed by atoms with van der Waals surface area (Å²) in [6.07, 6.45) is 6.68. The molecule has 4 fully saturated rings. The summed E-state index contributed by atoms with van der Waals surface area (Å²) in [5, 5.41) is 6.73. The molecule has 1 amide bonds. The molecule has 0 unspecified atom stereocenters. The van der Waals surface area contributed by atoms with Crippen LogP contribution < -0.4 is 15.4 Å². The summed E-state index contributed by atoms with van der Waals surface area (Å²) >= 11 is 12.3. The number of benzene rings is 1. The van der Waals surface area contributed by atoms with E-state index in [-0.39, 0.29) is 5.91 Å². The Bertz CT molecular complexity index is 727. The normalized spacial score (nSPS) is 31.6. The van der Waals surface area contributed by atoms with Crippen molar-refractivity contribution in [2.45, 2.75) is 38.1 Å². The molecule has 2 N–H and O–H groups in total. The van der Waals surface area contributed by atoms with E-state index in [9.17, 15) is 4.79 Å². The van der Waals surface area contributed by atoms with Gasteiger partial charge in [-0.2, -0.15) is 0 Å². The Morgan fingerprint density at radius 2 is 1.73 bits per heavy atom. The van der Waals surface area contributed by atoms with Gasteiger partial charge in [0.05, 0.1) is 17.1 Å². The molecular formula is C19H22Br2N2O2S. The number of methoxy groups -OCH3 is 1. The summed E-state index contributed by atoms with van der Waals surface area (Å²) in [5.74, 6) is 3.49. The van der Waals surface area contributed by atoms with Crippen molar-refractivity contribution in [1.82, 2.24) is 10.6 Å². The second kappa shape index (κ2) is 7.40. The lowest BCUT2D eigenvalue weighted by atomic mass is 9.54. The summed E-state index contributed by atoms with van der Waals surface area (Å²) in [7, 11) is 1.55. The largest absolute Gasteiger partial charge is 0.495 e. The van der Waals surface area contributed by atoms with Crippen molar-refractivity contribution < 1.29 is 9.53 Å². The summed E-state index contributed by atoms with van der Waals surface area (Å²) in [5.41, 5.74) is 0.447. The number of ether oxygens (including phenoxy) is 1. The van der Waals surface area contributed by atoms with Crippen LogP contribution in [0.1, 0.15) is 42.5 Å². The Kier molecular flexibility index (Phi) is 5.32. The average Bonchev–Trinajstić information content (AvgIpc) is 2.56. The first-order chi connectivity index (χ1) is 12.4. The molecule has 4 aliphatic carbocycles. The highest BCUT2D eigenvalue weighted by molar-refractivity contribution is 9.11. The molecule has 1 aromatic carbocycles. The first kappa shape index (κ1) is 18.7. The number of hydrogen-bond acceptors (Lipinski definition) is 3. The quantitative estimate of drug-likeness (QED) is 0.592. The Balaban J connectivity index is 1.43. The van der Waals surface area contributed by atoms with E-state index in [1.165, 1.54) is 32.1 Å². The molecule has 26 heavy (non-hydrogen) atoms. The molecule has 0 saturated heterocycles. The zero-order chi connectivity index (χ0) is 18.4. The van der Waals surface area contributed by atoms with Crippen molar-refractivity contribution in [3.63, 3.8) is 0 Å². The van der Waals surface area contributed by atoms with Gasteiger partial charge < -0.3 is 10.1 Å². The van der Waals surface area contributed by atoms with Crippen LogP contribution in [0.5, 0.6) is 5.75 Å². The fraction of sp³-hybridized carbons (Fsp3) is 0.579. The molecule has 5 rings (SSSR count). The highest BCUT2D eigenvalue weighted by Crippen LogP contribution is 2.53. The molecule has 4 aliphatic rings. The van der Waals surface area contributed by atoms with E-state index in [0.29, 0.717) is 34.3 Å². The number of hydrogen-bond donors (Lipinski definition) is 2. The minimum Gasteiger partial charge on any atom is -0.495 e. The van der Waals surface area contributed by atoms with Crippen LogP contribution in [-0.2, 0) is 0 Å². The van der Waals surface area contributed by atoms with Crippen LogP contribution in [0.15, 0.2) is 21.1 Å². The van der Waals surface area contributed by atoms with Gasteiger partial charge in [0, 0.05) is 10.5 Å². The highest BCUT2D eigenvalue weighted by atomic mass is 79.9. The topological polar surface area (TPSA) is 50.4 Å². The predicted molar refractivity (Wildman–Crippen MR) is 112 cm³/mol. The molecule has 4 bridgehead atoms. The summed E-state index contributed by atoms with van der Waals surface area (Å²) in [4.78, 5) is 12.7. The summed E-state index contributed by atoms with van der Waals surface area (Å²) in [6, 6.07) is 4.00. The van der Waals surface area contributed by atoms with Crippen molar-refractivity contribution in [3.05, 3.63) is 26.6 Å². The minimum atomic E-state index is -0.259. The lowest BCUT2D eigenvalue weighted by Gasteiger charge is -2.54. The lowest BCUT2D eigenvalue weighted by molar-refractivity contribution is -0.00692. The molecule has 0 aliphatic heterocycles. The molecule has 0 atom stereocenters. The van der Waals surface area contributed by atoms with E-state index in [0.717, 1.165) is 20.8 Å². The van der Waals surface area contributed by atoms with Crippen LogP contribution in [0, 0.1) is 23.7 Å². The van der Waals surface area contributed by atoms with Crippen LogP contribution in [0.2, 0.25) is 0 Å². The smallest absolute Gasteiger partial charge is 0.261 e. The Morgan fingerprint density at radius 1 is 1.12 bits per heavy atom. The van der Waals surface area contributed by atoms with Gasteiger partial charge in [-0.05, 0) is 96.1 Å². The average molecular weight is 502 g/mol. The number of thiocarbonyl (C=S) groups is 1. The van der Waals surface area contributed by atoms with Gasteiger partial charge in [0.2, 0.25) is 0 Å². The van der Waals surface area contributed by atoms with E-state index in [4.69, 9.17) is 17.0 Å². The number of carbonyl (C=O) groups excluding carboxylic acids is 1. The number of carbonyl (C=O) groups is 1. The van der Waals surface area contributed by atoms with Gasteiger partial charge >= 0.3 is 0 Å². The third kappa shape index (κ3) is 3.54. The number of nitrogens with one attached hydrogen (secondary N) is 2. The Hall–Kier alpha value is -0.660. The molecule has 0 radical (unpaired) electrons. The monoisotopic (exact) mass is 500 g/mol. The zero-order valence-corrected chi connectivity index (χ0v) is 18.5.